The molecular formula is C17H21BrN2O. The van der Waals surface area contributed by atoms with Crippen LogP contribution in [0.4, 0.5) is 0 Å². The minimum atomic E-state index is -0.245. The van der Waals surface area contributed by atoms with Crippen molar-refractivity contribution in [2.75, 3.05) is 0 Å². The smallest absolute Gasteiger partial charge is 0.265 e. The van der Waals surface area contributed by atoms with E-state index in [1.54, 1.807) is 0 Å². The molecule has 1 N–H and O–H groups in total. The summed E-state index contributed by atoms with van der Waals surface area (Å²) in [6.07, 6.45) is 2.51. The normalized spacial score (nSPS) is 11.6. The van der Waals surface area contributed by atoms with Crippen molar-refractivity contribution in [2.24, 2.45) is 0 Å². The Morgan fingerprint density at radius 2 is 1.76 bits per heavy atom. The Hall–Kier alpha value is -1.42. The second-order valence-electron chi connectivity index (χ2n) is 5.18. The van der Waals surface area contributed by atoms with Crippen LogP contribution in [0.2, 0.25) is 0 Å². The molecule has 4 heteroatoms. The number of aryl methyl sites for hydroxylation is 1. The third-order valence-corrected chi connectivity index (χ3v) is 5.07. The molecule has 112 valence electrons. The van der Waals surface area contributed by atoms with E-state index < -0.39 is 0 Å². The van der Waals surface area contributed by atoms with Crippen molar-refractivity contribution in [1.29, 1.82) is 0 Å². The number of aromatic nitrogens is 2. The van der Waals surface area contributed by atoms with Crippen LogP contribution < -0.4 is 5.56 Å². The van der Waals surface area contributed by atoms with E-state index >= 15 is 0 Å². The number of nitrogens with one attached hydrogen (secondary N) is 1. The lowest BCUT2D eigenvalue weighted by Gasteiger charge is -2.31. The van der Waals surface area contributed by atoms with Crippen LogP contribution in [0.25, 0.3) is 0 Å². The number of aromatic amines is 1. The van der Waals surface area contributed by atoms with Crippen LogP contribution in [0, 0.1) is 0 Å². The Balaban J connectivity index is 2.69. The fraction of sp³-hybridized carbons (Fsp3) is 0.412. The summed E-state index contributed by atoms with van der Waals surface area (Å²) in [5.74, 6) is 0.767. The van der Waals surface area contributed by atoms with E-state index in [1.165, 1.54) is 5.56 Å². The molecule has 0 fully saturated rings. The Labute approximate surface area is 134 Å². The summed E-state index contributed by atoms with van der Waals surface area (Å²) in [6, 6.07) is 10.3. The van der Waals surface area contributed by atoms with Crippen LogP contribution in [0.5, 0.6) is 0 Å². The second-order valence-corrected chi connectivity index (χ2v) is 5.98. The molecule has 0 bridgehead atoms. The van der Waals surface area contributed by atoms with Gasteiger partial charge >= 0.3 is 0 Å². The average Bonchev–Trinajstić information content (AvgIpc) is 2.53. The van der Waals surface area contributed by atoms with E-state index in [4.69, 9.17) is 4.98 Å². The van der Waals surface area contributed by atoms with Gasteiger partial charge in [0.25, 0.3) is 5.56 Å². The number of rotatable bonds is 5. The van der Waals surface area contributed by atoms with E-state index in [2.05, 4.69) is 46.9 Å². The van der Waals surface area contributed by atoms with Gasteiger partial charge < -0.3 is 4.98 Å². The number of hydrogen-bond donors (Lipinski definition) is 1. The van der Waals surface area contributed by atoms with Gasteiger partial charge in [0.2, 0.25) is 0 Å². The van der Waals surface area contributed by atoms with Crippen molar-refractivity contribution in [3.05, 3.63) is 62.2 Å². The van der Waals surface area contributed by atoms with Gasteiger partial charge in [0.05, 0.1) is 11.1 Å². The quantitative estimate of drug-likeness (QED) is 0.879. The highest BCUT2D eigenvalue weighted by atomic mass is 79.9. The highest BCUT2D eigenvalue weighted by molar-refractivity contribution is 9.10. The summed E-state index contributed by atoms with van der Waals surface area (Å²) >= 11 is 3.34. The molecule has 0 spiro atoms. The Bertz CT molecular complexity index is 660. The largest absolute Gasteiger partial charge is 0.309 e. The van der Waals surface area contributed by atoms with Gasteiger partial charge in [-0.1, -0.05) is 51.1 Å². The van der Waals surface area contributed by atoms with Crippen molar-refractivity contribution in [3.8, 4) is 0 Å². The highest BCUT2D eigenvalue weighted by Crippen LogP contribution is 2.36. The maximum Gasteiger partial charge on any atom is 0.265 e. The van der Waals surface area contributed by atoms with E-state index in [1.807, 2.05) is 25.1 Å². The number of hydrogen-bond acceptors (Lipinski definition) is 2. The molecule has 1 aromatic carbocycles. The summed E-state index contributed by atoms with van der Waals surface area (Å²) in [5.41, 5.74) is 1.67. The standard InChI is InChI=1S/C17H21BrN2O/c1-4-13-14(18)15(21)20-16(19-13)17(5-2,6-3)12-10-8-7-9-11-12/h7-11H,4-6H2,1-3H3,(H,19,20,21). The molecule has 0 saturated carbocycles. The summed E-state index contributed by atoms with van der Waals surface area (Å²) in [7, 11) is 0. The predicted molar refractivity (Wildman–Crippen MR) is 89.7 cm³/mol. The van der Waals surface area contributed by atoms with Gasteiger partial charge in [-0.15, -0.1) is 0 Å². The first-order valence-corrected chi connectivity index (χ1v) is 8.23. The molecule has 1 aromatic heterocycles. The molecule has 0 amide bonds. The van der Waals surface area contributed by atoms with Crippen molar-refractivity contribution in [2.45, 2.75) is 45.4 Å². The molecule has 0 radical (unpaired) electrons. The van der Waals surface area contributed by atoms with Gasteiger partial charge in [-0.3, -0.25) is 4.79 Å². The first-order chi connectivity index (χ1) is 10.1. The predicted octanol–water partition coefficient (Wildman–Crippen LogP) is 4.20. The topological polar surface area (TPSA) is 45.8 Å². The van der Waals surface area contributed by atoms with Crippen LogP contribution in [0.15, 0.2) is 39.6 Å². The molecule has 0 atom stereocenters. The zero-order valence-electron chi connectivity index (χ0n) is 12.7. The minimum Gasteiger partial charge on any atom is -0.309 e. The summed E-state index contributed by atoms with van der Waals surface area (Å²) in [5, 5.41) is 0. The molecule has 0 aliphatic rings. The molecule has 2 aromatic rings. The molecule has 0 unspecified atom stereocenters. The third-order valence-electron chi connectivity index (χ3n) is 4.25. The SMILES string of the molecule is CCc1nc(C(CC)(CC)c2ccccc2)[nH]c(=O)c1Br. The lowest BCUT2D eigenvalue weighted by Crippen LogP contribution is -2.32. The molecule has 0 aliphatic heterocycles. The third kappa shape index (κ3) is 2.82. The maximum absolute atomic E-state index is 12.2. The Morgan fingerprint density at radius 3 is 2.29 bits per heavy atom. The van der Waals surface area contributed by atoms with Crippen LogP contribution >= 0.6 is 15.9 Å². The fourth-order valence-electron chi connectivity index (χ4n) is 2.85. The van der Waals surface area contributed by atoms with E-state index in [0.29, 0.717) is 4.47 Å². The monoisotopic (exact) mass is 348 g/mol. The number of H-pyrrole nitrogens is 1. The van der Waals surface area contributed by atoms with Gasteiger partial charge in [-0.2, -0.15) is 0 Å². The lowest BCUT2D eigenvalue weighted by atomic mass is 9.75. The number of halogens is 1. The lowest BCUT2D eigenvalue weighted by molar-refractivity contribution is 0.445. The van der Waals surface area contributed by atoms with Crippen molar-refractivity contribution in [1.82, 2.24) is 9.97 Å². The summed E-state index contributed by atoms with van der Waals surface area (Å²) < 4.78 is 0.544. The zero-order valence-corrected chi connectivity index (χ0v) is 14.3. The number of benzene rings is 1. The van der Waals surface area contributed by atoms with E-state index in [-0.39, 0.29) is 11.0 Å². The Kier molecular flexibility index (Phi) is 4.99. The van der Waals surface area contributed by atoms with Crippen LogP contribution in [-0.2, 0) is 11.8 Å². The Morgan fingerprint density at radius 1 is 1.14 bits per heavy atom. The summed E-state index contributed by atoms with van der Waals surface area (Å²) in [6.45, 7) is 6.30. The molecular weight excluding hydrogens is 328 g/mol. The molecule has 0 saturated heterocycles. The van der Waals surface area contributed by atoms with E-state index in [0.717, 1.165) is 30.8 Å². The summed E-state index contributed by atoms with van der Waals surface area (Å²) in [4.78, 5) is 19.9. The molecule has 3 nitrogen and oxygen atoms in total. The van der Waals surface area contributed by atoms with Crippen molar-refractivity contribution in [3.63, 3.8) is 0 Å². The minimum absolute atomic E-state index is 0.0981. The average molecular weight is 349 g/mol. The number of nitrogens with zero attached hydrogens (tertiary/aromatic N) is 1. The molecule has 21 heavy (non-hydrogen) atoms. The van der Waals surface area contributed by atoms with Crippen LogP contribution in [0.3, 0.4) is 0 Å². The first-order valence-electron chi connectivity index (χ1n) is 7.43. The molecule has 2 rings (SSSR count). The maximum atomic E-state index is 12.2. The van der Waals surface area contributed by atoms with Crippen molar-refractivity contribution < 1.29 is 0 Å². The fourth-order valence-corrected chi connectivity index (χ4v) is 3.32. The van der Waals surface area contributed by atoms with Crippen molar-refractivity contribution >= 4 is 15.9 Å². The van der Waals surface area contributed by atoms with Gasteiger partial charge in [0.1, 0.15) is 10.3 Å². The van der Waals surface area contributed by atoms with E-state index in [9.17, 15) is 4.79 Å². The highest BCUT2D eigenvalue weighted by Gasteiger charge is 2.33. The van der Waals surface area contributed by atoms with Gasteiger partial charge in [0.15, 0.2) is 0 Å². The van der Waals surface area contributed by atoms with Gasteiger partial charge in [0, 0.05) is 0 Å². The molecule has 0 aliphatic carbocycles. The second kappa shape index (κ2) is 6.56. The van der Waals surface area contributed by atoms with Crippen LogP contribution in [-0.4, -0.2) is 9.97 Å². The first kappa shape index (κ1) is 16.0. The zero-order chi connectivity index (χ0) is 15.5. The van der Waals surface area contributed by atoms with Gasteiger partial charge in [-0.25, -0.2) is 4.98 Å². The van der Waals surface area contributed by atoms with Crippen LogP contribution in [0.1, 0.15) is 50.7 Å². The van der Waals surface area contributed by atoms with Gasteiger partial charge in [-0.05, 0) is 40.8 Å². The molecule has 1 heterocycles.